The van der Waals surface area contributed by atoms with Crippen molar-refractivity contribution in [2.45, 2.75) is 70.8 Å². The molecule has 1 aliphatic rings. The van der Waals surface area contributed by atoms with Crippen LogP contribution in [-0.4, -0.2) is 45.8 Å². The molecule has 0 fully saturated rings. The predicted molar refractivity (Wildman–Crippen MR) is 187 cm³/mol. The number of anilines is 1. The van der Waals surface area contributed by atoms with Crippen molar-refractivity contribution < 1.29 is 36.3 Å². The van der Waals surface area contributed by atoms with E-state index in [1.165, 1.54) is 36.7 Å². The second-order valence-electron chi connectivity index (χ2n) is 13.1. The average Bonchev–Trinajstić information content (AvgIpc) is 3.50. The van der Waals surface area contributed by atoms with Gasteiger partial charge in [-0.25, -0.2) is 26.0 Å². The van der Waals surface area contributed by atoms with Gasteiger partial charge in [0.05, 0.1) is 0 Å². The Morgan fingerprint density at radius 3 is 2.46 bits per heavy atom. The minimum Gasteiger partial charge on any atom is -0.454 e. The monoisotopic (exact) mass is 708 g/mol. The van der Waals surface area contributed by atoms with Crippen LogP contribution in [0.2, 0.25) is 0 Å². The number of allylic oxidation sites excluding steroid dienone is 3. The van der Waals surface area contributed by atoms with Crippen molar-refractivity contribution in [3.63, 3.8) is 0 Å². The molecule has 4 aromatic rings. The summed E-state index contributed by atoms with van der Waals surface area (Å²) in [5.74, 6) is -2.62. The quantitative estimate of drug-likeness (QED) is 0.167. The summed E-state index contributed by atoms with van der Waals surface area (Å²) in [6.07, 6.45) is 7.54. The number of H-pyrrole nitrogens is 1. The zero-order chi connectivity index (χ0) is 36.6. The fourth-order valence-corrected chi connectivity index (χ4v) is 7.40. The van der Waals surface area contributed by atoms with Gasteiger partial charge in [-0.1, -0.05) is 30.7 Å². The first-order chi connectivity index (χ1) is 23.4. The Hall–Kier alpha value is -5.24. The second-order valence-corrected chi connectivity index (χ2v) is 15.4. The highest BCUT2D eigenvalue weighted by Gasteiger charge is 2.43. The topological polar surface area (TPSA) is 149 Å². The summed E-state index contributed by atoms with van der Waals surface area (Å²) >= 11 is 0. The third-order valence-corrected chi connectivity index (χ3v) is 10.9. The predicted octanol–water partition coefficient (Wildman–Crippen LogP) is 7.15. The van der Waals surface area contributed by atoms with E-state index in [9.17, 15) is 31.6 Å². The number of ether oxygens (including phenoxy) is 2. The Bertz CT molecular complexity index is 2220. The number of hydrogen-bond acceptors (Lipinski definition) is 7. The van der Waals surface area contributed by atoms with Crippen LogP contribution < -0.4 is 20.9 Å². The number of aromatic amines is 1. The van der Waals surface area contributed by atoms with E-state index >= 15 is 0 Å². The van der Waals surface area contributed by atoms with Crippen LogP contribution in [0, 0.1) is 11.6 Å². The second kappa shape index (κ2) is 13.6. The number of benzene rings is 2. The molecule has 2 aromatic carbocycles. The standard InChI is InChI=1S/C36H38F2N4O7S/c1-7-28(41-34(45)49-35(3,4)5)32(43)40-23-12-14-29(48-30-13-11-22(37)18-27(30)38)25(19-23)26-20-39-33(44)31-24(26)15-17-42(31)50(46,47)36(6)16-9-8-10-21(36)2/h8-15,17-20,28H,7,16H2,1-6H3,(H,39,44)(H,40,43)(H,41,45)/t28-,36?/m0/s1. The molecule has 1 aliphatic carbocycles. The average molecular weight is 709 g/mol. The lowest BCUT2D eigenvalue weighted by Gasteiger charge is -2.31. The van der Waals surface area contributed by atoms with Gasteiger partial charge < -0.3 is 25.1 Å². The number of halogens is 2. The smallest absolute Gasteiger partial charge is 0.408 e. The fourth-order valence-electron chi connectivity index (χ4n) is 5.55. The van der Waals surface area contributed by atoms with Crippen LogP contribution in [0.3, 0.4) is 0 Å². The Balaban J connectivity index is 1.61. The molecular weight excluding hydrogens is 670 g/mol. The third kappa shape index (κ3) is 7.06. The highest BCUT2D eigenvalue weighted by atomic mass is 32.2. The van der Waals surface area contributed by atoms with Crippen LogP contribution in [0.15, 0.2) is 83.5 Å². The van der Waals surface area contributed by atoms with E-state index < -0.39 is 55.6 Å². The summed E-state index contributed by atoms with van der Waals surface area (Å²) < 4.78 is 67.5. The number of fused-ring (bicyclic) bond motifs is 1. The zero-order valence-electron chi connectivity index (χ0n) is 28.4. The summed E-state index contributed by atoms with van der Waals surface area (Å²) in [7, 11) is -4.18. The third-order valence-electron chi connectivity index (χ3n) is 8.42. The molecule has 0 bridgehead atoms. The van der Waals surface area contributed by atoms with Gasteiger partial charge in [-0.3, -0.25) is 9.59 Å². The van der Waals surface area contributed by atoms with Gasteiger partial charge in [0, 0.05) is 40.7 Å². The van der Waals surface area contributed by atoms with Crippen molar-refractivity contribution >= 4 is 38.6 Å². The molecule has 14 heteroatoms. The van der Waals surface area contributed by atoms with Gasteiger partial charge in [-0.2, -0.15) is 0 Å². The lowest BCUT2D eigenvalue weighted by atomic mass is 9.94. The number of aromatic nitrogens is 2. The van der Waals surface area contributed by atoms with E-state index in [0.717, 1.165) is 16.1 Å². The highest BCUT2D eigenvalue weighted by Crippen LogP contribution is 2.41. The largest absolute Gasteiger partial charge is 0.454 e. The zero-order valence-corrected chi connectivity index (χ0v) is 29.2. The number of pyridine rings is 1. The first-order valence-corrected chi connectivity index (χ1v) is 17.3. The summed E-state index contributed by atoms with van der Waals surface area (Å²) in [6, 6.07) is 7.71. The summed E-state index contributed by atoms with van der Waals surface area (Å²) in [5, 5.41) is 5.52. The van der Waals surface area contributed by atoms with Crippen LogP contribution in [0.5, 0.6) is 11.5 Å². The Labute approximate surface area is 288 Å². The van der Waals surface area contributed by atoms with Crippen molar-refractivity contribution in [2.24, 2.45) is 0 Å². The molecule has 2 aromatic heterocycles. The highest BCUT2D eigenvalue weighted by molar-refractivity contribution is 7.91. The first kappa shape index (κ1) is 36.1. The molecule has 5 rings (SSSR count). The van der Waals surface area contributed by atoms with Gasteiger partial charge in [-0.05, 0) is 83.9 Å². The molecule has 2 amide bonds. The van der Waals surface area contributed by atoms with Crippen molar-refractivity contribution in [1.82, 2.24) is 14.3 Å². The van der Waals surface area contributed by atoms with E-state index in [1.54, 1.807) is 59.8 Å². The number of carbonyl (C=O) groups is 2. The van der Waals surface area contributed by atoms with Crippen molar-refractivity contribution in [3.05, 3.63) is 101 Å². The van der Waals surface area contributed by atoms with Crippen LogP contribution in [-0.2, 0) is 19.6 Å². The number of nitrogens with one attached hydrogen (secondary N) is 3. The molecule has 0 radical (unpaired) electrons. The van der Waals surface area contributed by atoms with E-state index in [2.05, 4.69) is 15.6 Å². The van der Waals surface area contributed by atoms with Gasteiger partial charge in [0.2, 0.25) is 15.9 Å². The number of hydrogen-bond donors (Lipinski definition) is 3. The maximum Gasteiger partial charge on any atom is 0.408 e. The van der Waals surface area contributed by atoms with E-state index in [1.807, 2.05) is 0 Å². The summed E-state index contributed by atoms with van der Waals surface area (Å²) in [6.45, 7) is 10.1. The molecule has 0 saturated heterocycles. The van der Waals surface area contributed by atoms with Crippen LogP contribution in [0.25, 0.3) is 22.0 Å². The molecule has 2 atom stereocenters. The lowest BCUT2D eigenvalue weighted by Crippen LogP contribution is -2.45. The van der Waals surface area contributed by atoms with Gasteiger partial charge in [-0.15, -0.1) is 0 Å². The SMILES string of the molecule is CC[C@H](NC(=O)OC(C)(C)C)C(=O)Nc1ccc(Oc2ccc(F)cc2F)c(-c2c[nH]c(=O)c3c2ccn3S(=O)(=O)C2(C)CC=CC=C2C)c1. The molecule has 0 saturated carbocycles. The fraction of sp³-hybridized carbons (Fsp3) is 0.306. The molecule has 11 nitrogen and oxygen atoms in total. The van der Waals surface area contributed by atoms with Gasteiger partial charge in [0.1, 0.15) is 33.5 Å². The molecule has 2 heterocycles. The maximum absolute atomic E-state index is 14.7. The molecule has 0 spiro atoms. The summed E-state index contributed by atoms with van der Waals surface area (Å²) in [5.41, 5.74) is -0.289. The molecular formula is C36H38F2N4O7S. The number of amides is 2. The minimum atomic E-state index is -4.18. The number of rotatable bonds is 9. The van der Waals surface area contributed by atoms with Crippen molar-refractivity contribution in [2.75, 3.05) is 5.32 Å². The van der Waals surface area contributed by atoms with Gasteiger partial charge in [0.25, 0.3) is 5.56 Å². The van der Waals surface area contributed by atoms with Gasteiger partial charge >= 0.3 is 6.09 Å². The van der Waals surface area contributed by atoms with E-state index in [0.29, 0.717) is 11.6 Å². The van der Waals surface area contributed by atoms with E-state index in [-0.39, 0.29) is 52.1 Å². The van der Waals surface area contributed by atoms with E-state index in [4.69, 9.17) is 9.47 Å². The normalized spacial score (nSPS) is 16.8. The number of alkyl carbamates (subject to hydrolysis) is 1. The Morgan fingerprint density at radius 2 is 1.80 bits per heavy atom. The number of carbonyl (C=O) groups excluding carboxylic acids is 2. The van der Waals surface area contributed by atoms with Crippen LogP contribution >= 0.6 is 0 Å². The first-order valence-electron chi connectivity index (χ1n) is 15.8. The minimum absolute atomic E-state index is 0.0412. The Morgan fingerprint density at radius 1 is 1.08 bits per heavy atom. The Kier molecular flexibility index (Phi) is 9.79. The molecule has 264 valence electrons. The molecule has 1 unspecified atom stereocenters. The summed E-state index contributed by atoms with van der Waals surface area (Å²) in [4.78, 5) is 41.6. The lowest BCUT2D eigenvalue weighted by molar-refractivity contribution is -0.118. The number of nitrogens with zero attached hydrogens (tertiary/aromatic N) is 1. The maximum atomic E-state index is 14.7. The van der Waals surface area contributed by atoms with Crippen molar-refractivity contribution in [3.8, 4) is 22.6 Å². The van der Waals surface area contributed by atoms with Crippen LogP contribution in [0.4, 0.5) is 19.3 Å². The molecule has 3 N–H and O–H groups in total. The van der Waals surface area contributed by atoms with Crippen molar-refractivity contribution in [1.29, 1.82) is 0 Å². The molecule has 50 heavy (non-hydrogen) atoms. The molecule has 0 aliphatic heterocycles. The van der Waals surface area contributed by atoms with Gasteiger partial charge in [0.15, 0.2) is 11.6 Å². The van der Waals surface area contributed by atoms with Crippen LogP contribution in [0.1, 0.15) is 54.4 Å².